The van der Waals surface area contributed by atoms with E-state index in [1.165, 1.54) is 13.2 Å². The van der Waals surface area contributed by atoms with Crippen molar-refractivity contribution < 1.29 is 24.9 Å². The summed E-state index contributed by atoms with van der Waals surface area (Å²) in [7, 11) is 3.12. The Hall–Kier alpha value is -1.63. The van der Waals surface area contributed by atoms with Gasteiger partial charge in [0.05, 0.1) is 19.6 Å². The number of aliphatic hydroxyl groups is 2. The zero-order valence-corrected chi connectivity index (χ0v) is 11.0. The Balaban J connectivity index is 2.99. The topological polar surface area (TPSA) is 99.0 Å². The lowest BCUT2D eigenvalue weighted by atomic mass is 10.00. The average molecular weight is 269 g/mol. The summed E-state index contributed by atoms with van der Waals surface area (Å²) >= 11 is 0. The average Bonchev–Trinajstić information content (AvgIpc) is 2.37. The number of rotatable bonds is 7. The van der Waals surface area contributed by atoms with Crippen LogP contribution in [0.15, 0.2) is 18.2 Å². The number of aliphatic carboxylic acids is 1. The minimum atomic E-state index is -1.08. The number of methoxy groups -OCH3 is 1. The first-order chi connectivity index (χ1) is 8.99. The Labute approximate surface area is 111 Å². The van der Waals surface area contributed by atoms with E-state index in [-0.39, 0.29) is 13.0 Å². The molecule has 0 heterocycles. The maximum atomic E-state index is 10.8. The molecule has 6 heteroatoms. The Bertz CT molecular complexity index is 435. The van der Waals surface area contributed by atoms with Crippen LogP contribution in [0.5, 0.6) is 5.75 Å². The highest BCUT2D eigenvalue weighted by molar-refractivity contribution is 5.71. The molecular weight excluding hydrogens is 250 g/mol. The van der Waals surface area contributed by atoms with Gasteiger partial charge in [0.15, 0.2) is 0 Å². The minimum absolute atomic E-state index is 0.203. The van der Waals surface area contributed by atoms with E-state index in [2.05, 4.69) is 5.32 Å². The highest BCUT2D eigenvalue weighted by Gasteiger charge is 2.19. The lowest BCUT2D eigenvalue weighted by Gasteiger charge is -2.19. The van der Waals surface area contributed by atoms with E-state index in [1.54, 1.807) is 19.2 Å². The SMILES string of the molecule is CNCC(O)C(O)c1ccc(OC)c(CC(=O)O)c1. The summed E-state index contributed by atoms with van der Waals surface area (Å²) in [4.78, 5) is 10.8. The van der Waals surface area contributed by atoms with Gasteiger partial charge in [-0.05, 0) is 24.7 Å². The van der Waals surface area contributed by atoms with Crippen molar-refractivity contribution in [1.82, 2.24) is 5.32 Å². The fraction of sp³-hybridized carbons (Fsp3) is 0.462. The highest BCUT2D eigenvalue weighted by Crippen LogP contribution is 2.25. The van der Waals surface area contributed by atoms with Crippen molar-refractivity contribution in [2.45, 2.75) is 18.6 Å². The number of ether oxygens (including phenoxy) is 1. The van der Waals surface area contributed by atoms with Crippen molar-refractivity contribution in [2.75, 3.05) is 20.7 Å². The monoisotopic (exact) mass is 269 g/mol. The maximum absolute atomic E-state index is 10.8. The normalized spacial score (nSPS) is 13.9. The van der Waals surface area contributed by atoms with Gasteiger partial charge in [-0.15, -0.1) is 0 Å². The summed E-state index contributed by atoms with van der Waals surface area (Å²) < 4.78 is 5.07. The van der Waals surface area contributed by atoms with Crippen LogP contribution in [0.1, 0.15) is 17.2 Å². The van der Waals surface area contributed by atoms with Crippen LogP contribution < -0.4 is 10.1 Å². The second kappa shape index (κ2) is 7.08. The molecule has 0 radical (unpaired) electrons. The van der Waals surface area contributed by atoms with Crippen LogP contribution in [-0.2, 0) is 11.2 Å². The molecule has 0 fully saturated rings. The Morgan fingerprint density at radius 2 is 2.11 bits per heavy atom. The van der Waals surface area contributed by atoms with Gasteiger partial charge >= 0.3 is 5.97 Å². The molecular formula is C13H19NO5. The Morgan fingerprint density at radius 3 is 2.63 bits per heavy atom. The van der Waals surface area contributed by atoms with Crippen LogP contribution in [0.2, 0.25) is 0 Å². The summed E-state index contributed by atoms with van der Waals surface area (Å²) in [5.41, 5.74) is 0.919. The third-order valence-corrected chi connectivity index (χ3v) is 2.77. The van der Waals surface area contributed by atoms with Gasteiger partial charge in [-0.1, -0.05) is 6.07 Å². The zero-order valence-electron chi connectivity index (χ0n) is 11.0. The number of carboxylic acids is 1. The predicted molar refractivity (Wildman–Crippen MR) is 69.2 cm³/mol. The van der Waals surface area contributed by atoms with Gasteiger partial charge in [0.2, 0.25) is 0 Å². The molecule has 19 heavy (non-hydrogen) atoms. The molecule has 0 aliphatic heterocycles. The molecule has 0 spiro atoms. The number of likely N-dealkylation sites (N-methyl/N-ethyl adjacent to an activating group) is 1. The number of carboxylic acid groups (broad SMARTS) is 1. The van der Waals surface area contributed by atoms with E-state index < -0.39 is 18.2 Å². The second-order valence-corrected chi connectivity index (χ2v) is 4.21. The standard InChI is InChI=1S/C13H19NO5/c1-14-7-10(15)13(18)8-3-4-11(19-2)9(5-8)6-12(16)17/h3-5,10,13-15,18H,6-7H2,1-2H3,(H,16,17). The number of nitrogens with one attached hydrogen (secondary N) is 1. The Kier molecular flexibility index (Phi) is 5.75. The van der Waals surface area contributed by atoms with Crippen LogP contribution in [0.4, 0.5) is 0 Å². The first-order valence-electron chi connectivity index (χ1n) is 5.89. The zero-order chi connectivity index (χ0) is 14.4. The molecule has 0 saturated heterocycles. The van der Waals surface area contributed by atoms with E-state index in [0.29, 0.717) is 16.9 Å². The van der Waals surface area contributed by atoms with Gasteiger partial charge in [0, 0.05) is 12.1 Å². The lowest BCUT2D eigenvalue weighted by Crippen LogP contribution is -2.29. The van der Waals surface area contributed by atoms with Crippen molar-refractivity contribution in [1.29, 1.82) is 0 Å². The summed E-state index contributed by atoms with van der Waals surface area (Å²) in [5, 5.41) is 31.3. The van der Waals surface area contributed by atoms with Crippen molar-refractivity contribution in [3.63, 3.8) is 0 Å². The van der Waals surface area contributed by atoms with Crippen molar-refractivity contribution in [3.8, 4) is 5.75 Å². The largest absolute Gasteiger partial charge is 0.496 e. The summed E-state index contributed by atoms with van der Waals surface area (Å²) in [6.45, 7) is 0.238. The number of benzene rings is 1. The van der Waals surface area contributed by atoms with Gasteiger partial charge in [0.25, 0.3) is 0 Å². The fourth-order valence-electron chi connectivity index (χ4n) is 1.83. The molecule has 2 atom stereocenters. The molecule has 1 aromatic rings. The molecule has 0 saturated carbocycles. The molecule has 0 aliphatic rings. The van der Waals surface area contributed by atoms with Gasteiger partial charge in [0.1, 0.15) is 11.9 Å². The number of hydrogen-bond acceptors (Lipinski definition) is 5. The van der Waals surface area contributed by atoms with Crippen molar-refractivity contribution in [2.24, 2.45) is 0 Å². The minimum Gasteiger partial charge on any atom is -0.496 e. The van der Waals surface area contributed by atoms with Crippen LogP contribution >= 0.6 is 0 Å². The summed E-state index contributed by atoms with van der Waals surface area (Å²) in [6, 6.07) is 4.73. The molecule has 0 aromatic heterocycles. The van der Waals surface area contributed by atoms with Crippen LogP contribution in [0, 0.1) is 0 Å². The lowest BCUT2D eigenvalue weighted by molar-refractivity contribution is -0.136. The van der Waals surface area contributed by atoms with E-state index in [0.717, 1.165) is 0 Å². The fourth-order valence-corrected chi connectivity index (χ4v) is 1.83. The molecule has 0 aliphatic carbocycles. The summed E-state index contributed by atoms with van der Waals surface area (Å²) in [6.07, 6.45) is -2.24. The van der Waals surface area contributed by atoms with Crippen LogP contribution in [-0.4, -0.2) is 48.1 Å². The smallest absolute Gasteiger partial charge is 0.307 e. The van der Waals surface area contributed by atoms with Crippen LogP contribution in [0.25, 0.3) is 0 Å². The third-order valence-electron chi connectivity index (χ3n) is 2.77. The van der Waals surface area contributed by atoms with E-state index in [4.69, 9.17) is 9.84 Å². The first-order valence-corrected chi connectivity index (χ1v) is 5.89. The molecule has 4 N–H and O–H groups in total. The number of carbonyl (C=O) groups is 1. The quantitative estimate of drug-likeness (QED) is 0.553. The van der Waals surface area contributed by atoms with E-state index in [1.807, 2.05) is 0 Å². The molecule has 0 bridgehead atoms. The van der Waals surface area contributed by atoms with Crippen molar-refractivity contribution >= 4 is 5.97 Å². The molecule has 6 nitrogen and oxygen atoms in total. The van der Waals surface area contributed by atoms with Gasteiger partial charge in [-0.3, -0.25) is 4.79 Å². The molecule has 2 unspecified atom stereocenters. The number of hydrogen-bond donors (Lipinski definition) is 4. The molecule has 0 amide bonds. The molecule has 1 rings (SSSR count). The summed E-state index contributed by atoms with van der Waals surface area (Å²) in [5.74, 6) is -0.540. The van der Waals surface area contributed by atoms with Crippen molar-refractivity contribution in [3.05, 3.63) is 29.3 Å². The number of aliphatic hydroxyl groups excluding tert-OH is 2. The molecule has 106 valence electrons. The predicted octanol–water partition coefficient (Wildman–Crippen LogP) is -0.0640. The van der Waals surface area contributed by atoms with Crippen LogP contribution in [0.3, 0.4) is 0 Å². The van der Waals surface area contributed by atoms with E-state index in [9.17, 15) is 15.0 Å². The highest BCUT2D eigenvalue weighted by atomic mass is 16.5. The second-order valence-electron chi connectivity index (χ2n) is 4.21. The first kappa shape index (κ1) is 15.4. The van der Waals surface area contributed by atoms with Gasteiger partial charge in [-0.2, -0.15) is 0 Å². The van der Waals surface area contributed by atoms with Gasteiger partial charge in [-0.25, -0.2) is 0 Å². The third kappa shape index (κ3) is 4.20. The maximum Gasteiger partial charge on any atom is 0.307 e. The van der Waals surface area contributed by atoms with E-state index >= 15 is 0 Å². The molecule has 1 aromatic carbocycles. The van der Waals surface area contributed by atoms with Gasteiger partial charge < -0.3 is 25.4 Å². The Morgan fingerprint density at radius 1 is 1.42 bits per heavy atom.